The molecule has 1 aliphatic rings. The molecule has 0 spiro atoms. The first-order valence-electron chi connectivity index (χ1n) is 7.00. The average Bonchev–Trinajstić information content (AvgIpc) is 3.06. The molecule has 1 atom stereocenters. The van der Waals surface area contributed by atoms with Crippen molar-refractivity contribution in [3.8, 4) is 0 Å². The van der Waals surface area contributed by atoms with Gasteiger partial charge in [0.15, 0.2) is 5.76 Å². The van der Waals surface area contributed by atoms with Gasteiger partial charge in [0.05, 0.1) is 11.7 Å². The van der Waals surface area contributed by atoms with E-state index in [1.807, 2.05) is 13.0 Å². The van der Waals surface area contributed by atoms with E-state index >= 15 is 0 Å². The van der Waals surface area contributed by atoms with Crippen LogP contribution in [0.3, 0.4) is 0 Å². The van der Waals surface area contributed by atoms with Crippen molar-refractivity contribution in [1.82, 2.24) is 15.0 Å². The van der Waals surface area contributed by atoms with Gasteiger partial charge in [-0.25, -0.2) is 0 Å². The number of carbonyl (C=O) groups is 1. The molecule has 0 radical (unpaired) electrons. The third kappa shape index (κ3) is 2.49. The van der Waals surface area contributed by atoms with Gasteiger partial charge in [-0.3, -0.25) is 9.59 Å². The lowest BCUT2D eigenvalue weighted by Crippen LogP contribution is -2.34. The highest BCUT2D eigenvalue weighted by Gasteiger charge is 2.34. The Bertz CT molecular complexity index is 732. The number of hydrogen-bond donors (Lipinski definition) is 1. The molecule has 2 aromatic rings. The van der Waals surface area contributed by atoms with Crippen molar-refractivity contribution in [3.63, 3.8) is 0 Å². The Morgan fingerprint density at radius 3 is 2.90 bits per heavy atom. The predicted octanol–water partition coefficient (Wildman–Crippen LogP) is 1.96. The first-order chi connectivity index (χ1) is 10.1. The number of amides is 1. The number of H-pyrrole nitrogens is 1. The minimum absolute atomic E-state index is 0.139. The maximum Gasteiger partial charge on any atom is 0.260 e. The molecule has 1 saturated heterocycles. The van der Waals surface area contributed by atoms with Crippen LogP contribution < -0.4 is 5.56 Å². The fourth-order valence-corrected chi connectivity index (χ4v) is 2.74. The average molecular weight is 287 g/mol. The number of carbonyl (C=O) groups excluding carboxylic acids is 1. The van der Waals surface area contributed by atoms with Crippen LogP contribution in [0.15, 0.2) is 27.5 Å². The number of rotatable bonds is 2. The molecular weight excluding hydrogens is 270 g/mol. The first-order valence-corrected chi connectivity index (χ1v) is 7.00. The molecule has 21 heavy (non-hydrogen) atoms. The van der Waals surface area contributed by atoms with E-state index in [2.05, 4.69) is 10.1 Å². The van der Waals surface area contributed by atoms with Gasteiger partial charge >= 0.3 is 0 Å². The summed E-state index contributed by atoms with van der Waals surface area (Å²) in [5.41, 5.74) is 1.35. The Morgan fingerprint density at radius 1 is 1.43 bits per heavy atom. The molecule has 110 valence electrons. The van der Waals surface area contributed by atoms with E-state index in [9.17, 15) is 9.59 Å². The van der Waals surface area contributed by atoms with Crippen LogP contribution in [0, 0.1) is 13.8 Å². The van der Waals surface area contributed by atoms with E-state index in [1.165, 1.54) is 0 Å². The second-order valence-electron chi connectivity index (χ2n) is 5.41. The van der Waals surface area contributed by atoms with Crippen molar-refractivity contribution >= 4 is 5.91 Å². The highest BCUT2D eigenvalue weighted by atomic mass is 16.5. The molecule has 2 aromatic heterocycles. The standard InChI is InChI=1S/C15H17N3O3/c1-9-5-6-11(14(19)16-9)15(20)18-7-3-4-12(18)13-8-10(2)17-21-13/h5-6,8,12H,3-4,7H2,1-2H3,(H,16,19)/t12-/m1/s1. The third-order valence-electron chi connectivity index (χ3n) is 3.77. The van der Waals surface area contributed by atoms with Crippen LogP contribution in [0.1, 0.15) is 46.4 Å². The van der Waals surface area contributed by atoms with Gasteiger partial charge in [-0.15, -0.1) is 0 Å². The Kier molecular flexibility index (Phi) is 3.37. The van der Waals surface area contributed by atoms with E-state index in [4.69, 9.17) is 4.52 Å². The highest BCUT2D eigenvalue weighted by molar-refractivity contribution is 5.94. The van der Waals surface area contributed by atoms with Crippen LogP contribution in [0.4, 0.5) is 0 Å². The number of pyridine rings is 1. The van der Waals surface area contributed by atoms with Gasteiger partial charge in [0.2, 0.25) is 0 Å². The Labute approximate surface area is 121 Å². The molecule has 0 aliphatic carbocycles. The molecule has 0 bridgehead atoms. The molecule has 6 nitrogen and oxygen atoms in total. The van der Waals surface area contributed by atoms with Crippen LogP contribution in [0.2, 0.25) is 0 Å². The maximum atomic E-state index is 12.6. The number of aromatic amines is 1. The summed E-state index contributed by atoms with van der Waals surface area (Å²) in [5.74, 6) is 0.426. The summed E-state index contributed by atoms with van der Waals surface area (Å²) in [6.45, 7) is 4.25. The highest BCUT2D eigenvalue weighted by Crippen LogP contribution is 2.33. The van der Waals surface area contributed by atoms with Crippen molar-refractivity contribution in [2.45, 2.75) is 32.7 Å². The normalized spacial score (nSPS) is 18.2. The number of nitrogens with zero attached hydrogens (tertiary/aromatic N) is 2. The second-order valence-corrected chi connectivity index (χ2v) is 5.41. The summed E-state index contributed by atoms with van der Waals surface area (Å²) < 4.78 is 5.28. The topological polar surface area (TPSA) is 79.2 Å². The SMILES string of the molecule is Cc1cc([C@H]2CCCN2C(=O)c2ccc(C)[nH]c2=O)on1. The number of aryl methyl sites for hydroxylation is 2. The third-order valence-corrected chi connectivity index (χ3v) is 3.77. The zero-order chi connectivity index (χ0) is 15.0. The number of aromatic nitrogens is 2. The summed E-state index contributed by atoms with van der Waals surface area (Å²) in [4.78, 5) is 28.9. The molecular formula is C15H17N3O3. The molecule has 0 saturated carbocycles. The maximum absolute atomic E-state index is 12.6. The summed E-state index contributed by atoms with van der Waals surface area (Å²) in [6, 6.07) is 5.02. The summed E-state index contributed by atoms with van der Waals surface area (Å²) in [7, 11) is 0. The second kappa shape index (κ2) is 5.20. The zero-order valence-electron chi connectivity index (χ0n) is 12.0. The van der Waals surface area contributed by atoms with Crippen LogP contribution in [0.5, 0.6) is 0 Å². The van der Waals surface area contributed by atoms with Crippen LogP contribution in [-0.2, 0) is 0 Å². The van der Waals surface area contributed by atoms with Crippen LogP contribution in [0.25, 0.3) is 0 Å². The van der Waals surface area contributed by atoms with Crippen molar-refractivity contribution < 1.29 is 9.32 Å². The fraction of sp³-hybridized carbons (Fsp3) is 0.400. The molecule has 1 aliphatic heterocycles. The lowest BCUT2D eigenvalue weighted by Gasteiger charge is -2.22. The van der Waals surface area contributed by atoms with Crippen LogP contribution >= 0.6 is 0 Å². The first kappa shape index (κ1) is 13.6. The number of nitrogens with one attached hydrogen (secondary N) is 1. The monoisotopic (exact) mass is 287 g/mol. The quantitative estimate of drug-likeness (QED) is 0.915. The van der Waals surface area contributed by atoms with Gasteiger partial charge in [0.25, 0.3) is 11.5 Å². The Morgan fingerprint density at radius 2 is 2.24 bits per heavy atom. The number of likely N-dealkylation sites (tertiary alicyclic amines) is 1. The van der Waals surface area contributed by atoms with Gasteiger partial charge in [0.1, 0.15) is 5.56 Å². The van der Waals surface area contributed by atoms with Crippen molar-refractivity contribution in [2.75, 3.05) is 6.54 Å². The summed E-state index contributed by atoms with van der Waals surface area (Å²) in [6.07, 6.45) is 1.71. The minimum atomic E-state index is -0.348. The summed E-state index contributed by atoms with van der Waals surface area (Å²) in [5, 5.41) is 3.88. The van der Waals surface area contributed by atoms with Crippen molar-refractivity contribution in [1.29, 1.82) is 0 Å². The van der Waals surface area contributed by atoms with Gasteiger partial charge in [0, 0.05) is 18.3 Å². The lowest BCUT2D eigenvalue weighted by atomic mass is 10.1. The summed E-state index contributed by atoms with van der Waals surface area (Å²) >= 11 is 0. The van der Waals surface area contributed by atoms with E-state index in [-0.39, 0.29) is 23.1 Å². The van der Waals surface area contributed by atoms with Crippen molar-refractivity contribution in [2.24, 2.45) is 0 Å². The van der Waals surface area contributed by atoms with Gasteiger partial charge in [-0.1, -0.05) is 5.16 Å². The molecule has 1 amide bonds. The van der Waals surface area contributed by atoms with E-state index < -0.39 is 0 Å². The molecule has 3 heterocycles. The Hall–Kier alpha value is -2.37. The number of hydrogen-bond acceptors (Lipinski definition) is 4. The molecule has 0 unspecified atom stereocenters. The van der Waals surface area contributed by atoms with E-state index in [1.54, 1.807) is 24.0 Å². The Balaban J connectivity index is 1.91. The van der Waals surface area contributed by atoms with E-state index in [0.717, 1.165) is 24.2 Å². The predicted molar refractivity (Wildman–Crippen MR) is 76.1 cm³/mol. The molecule has 0 aromatic carbocycles. The molecule has 1 fully saturated rings. The zero-order valence-corrected chi connectivity index (χ0v) is 12.0. The van der Waals surface area contributed by atoms with Crippen LogP contribution in [-0.4, -0.2) is 27.5 Å². The fourth-order valence-electron chi connectivity index (χ4n) is 2.74. The van der Waals surface area contributed by atoms with Gasteiger partial charge in [-0.2, -0.15) is 0 Å². The molecule has 1 N–H and O–H groups in total. The molecule has 6 heteroatoms. The minimum Gasteiger partial charge on any atom is -0.359 e. The van der Waals surface area contributed by atoms with Gasteiger partial charge < -0.3 is 14.4 Å². The molecule has 3 rings (SSSR count). The van der Waals surface area contributed by atoms with Gasteiger partial charge in [-0.05, 0) is 38.8 Å². The van der Waals surface area contributed by atoms with Crippen molar-refractivity contribution in [3.05, 3.63) is 51.3 Å². The lowest BCUT2D eigenvalue weighted by molar-refractivity contribution is 0.0712. The van der Waals surface area contributed by atoms with E-state index in [0.29, 0.717) is 12.3 Å². The largest absolute Gasteiger partial charge is 0.359 e. The smallest absolute Gasteiger partial charge is 0.260 e.